The largest absolute Gasteiger partial charge is 0.396 e. The highest BCUT2D eigenvalue weighted by Crippen LogP contribution is 2.29. The molecule has 1 aromatic rings. The molecule has 4 heteroatoms. The lowest BCUT2D eigenvalue weighted by Gasteiger charge is -2.31. The third-order valence-corrected chi connectivity index (χ3v) is 3.10. The summed E-state index contributed by atoms with van der Waals surface area (Å²) in [6.45, 7) is 5.01. The van der Waals surface area contributed by atoms with Crippen LogP contribution < -0.4 is 4.90 Å². The minimum atomic E-state index is -0.0721. The number of benzene rings is 1. The highest BCUT2D eigenvalue weighted by molar-refractivity contribution is 6.31. The summed E-state index contributed by atoms with van der Waals surface area (Å²) in [6.07, 6.45) is 0.704. The first-order valence-electron chi connectivity index (χ1n) is 5.87. The van der Waals surface area contributed by atoms with Gasteiger partial charge in [-0.15, -0.1) is 0 Å². The molecular formula is C13H20ClNO2. The van der Waals surface area contributed by atoms with E-state index in [0.717, 1.165) is 17.8 Å². The van der Waals surface area contributed by atoms with Crippen molar-refractivity contribution in [2.24, 2.45) is 0 Å². The summed E-state index contributed by atoms with van der Waals surface area (Å²) in [5.41, 5.74) is 1.70. The first-order valence-corrected chi connectivity index (χ1v) is 6.25. The number of halogens is 1. The maximum atomic E-state index is 9.39. The molecule has 0 aliphatic rings. The van der Waals surface area contributed by atoms with Crippen molar-refractivity contribution in [1.82, 2.24) is 0 Å². The van der Waals surface area contributed by atoms with Gasteiger partial charge in [-0.1, -0.05) is 17.7 Å². The second kappa shape index (κ2) is 6.84. The summed E-state index contributed by atoms with van der Waals surface area (Å²) >= 11 is 6.08. The summed E-state index contributed by atoms with van der Waals surface area (Å²) in [5, 5.41) is 18.9. The monoisotopic (exact) mass is 257 g/mol. The van der Waals surface area contributed by atoms with E-state index in [2.05, 4.69) is 18.7 Å². The van der Waals surface area contributed by atoms with Crippen LogP contribution in [0, 0.1) is 0 Å². The summed E-state index contributed by atoms with van der Waals surface area (Å²) in [4.78, 5) is 2.15. The number of hydrogen-bond acceptors (Lipinski definition) is 3. The molecule has 0 unspecified atom stereocenters. The van der Waals surface area contributed by atoms with Gasteiger partial charge in [0.05, 0.1) is 6.61 Å². The standard InChI is InChI=1S/C13H20ClNO2/c1-10(2)15(7-4-8-16)13-6-3-5-12(14)11(13)9-17/h3,5-6,10,16-17H,4,7-9H2,1-2H3. The van der Waals surface area contributed by atoms with Gasteiger partial charge in [0.2, 0.25) is 0 Å². The molecule has 2 N–H and O–H groups in total. The average Bonchev–Trinajstić information content (AvgIpc) is 2.29. The molecule has 0 heterocycles. The zero-order valence-electron chi connectivity index (χ0n) is 10.4. The van der Waals surface area contributed by atoms with Crippen LogP contribution >= 0.6 is 11.6 Å². The molecule has 0 radical (unpaired) electrons. The molecule has 0 aromatic heterocycles. The Morgan fingerprint density at radius 1 is 1.29 bits per heavy atom. The zero-order chi connectivity index (χ0) is 12.8. The van der Waals surface area contributed by atoms with Crippen molar-refractivity contribution in [2.45, 2.75) is 32.9 Å². The van der Waals surface area contributed by atoms with E-state index in [0.29, 0.717) is 17.5 Å². The van der Waals surface area contributed by atoms with Gasteiger partial charge in [0, 0.05) is 35.5 Å². The Hall–Kier alpha value is -0.770. The van der Waals surface area contributed by atoms with Crippen molar-refractivity contribution >= 4 is 17.3 Å². The van der Waals surface area contributed by atoms with Crippen molar-refractivity contribution in [3.63, 3.8) is 0 Å². The van der Waals surface area contributed by atoms with Gasteiger partial charge in [-0.3, -0.25) is 0 Å². The Kier molecular flexibility index (Phi) is 5.75. The smallest absolute Gasteiger partial charge is 0.0716 e. The lowest BCUT2D eigenvalue weighted by Crippen LogP contribution is -2.33. The Labute approximate surface area is 108 Å². The normalized spacial score (nSPS) is 10.9. The van der Waals surface area contributed by atoms with Gasteiger partial charge in [-0.25, -0.2) is 0 Å². The van der Waals surface area contributed by atoms with E-state index in [-0.39, 0.29) is 13.2 Å². The molecule has 0 fully saturated rings. The summed E-state index contributed by atoms with van der Waals surface area (Å²) in [6, 6.07) is 5.91. The molecule has 0 saturated heterocycles. The van der Waals surface area contributed by atoms with E-state index in [1.54, 1.807) is 6.07 Å². The lowest BCUT2D eigenvalue weighted by molar-refractivity contribution is 0.280. The number of aliphatic hydroxyl groups excluding tert-OH is 2. The fourth-order valence-electron chi connectivity index (χ4n) is 1.87. The minimum absolute atomic E-state index is 0.0721. The summed E-state index contributed by atoms with van der Waals surface area (Å²) < 4.78 is 0. The second-order valence-electron chi connectivity index (χ2n) is 4.26. The zero-order valence-corrected chi connectivity index (χ0v) is 11.1. The molecule has 3 nitrogen and oxygen atoms in total. The van der Waals surface area contributed by atoms with E-state index in [1.807, 2.05) is 12.1 Å². The Bertz CT molecular complexity index is 355. The number of nitrogens with zero attached hydrogens (tertiary/aromatic N) is 1. The van der Waals surface area contributed by atoms with Crippen molar-refractivity contribution in [3.8, 4) is 0 Å². The van der Waals surface area contributed by atoms with Crippen LogP contribution in [0.4, 0.5) is 5.69 Å². The fraction of sp³-hybridized carbons (Fsp3) is 0.538. The van der Waals surface area contributed by atoms with Gasteiger partial charge < -0.3 is 15.1 Å². The highest BCUT2D eigenvalue weighted by Gasteiger charge is 2.15. The van der Waals surface area contributed by atoms with Crippen LogP contribution in [0.15, 0.2) is 18.2 Å². The molecule has 0 aliphatic carbocycles. The number of aliphatic hydroxyl groups is 2. The Morgan fingerprint density at radius 2 is 2.00 bits per heavy atom. The highest BCUT2D eigenvalue weighted by atomic mass is 35.5. The first-order chi connectivity index (χ1) is 8.11. The molecule has 0 atom stereocenters. The maximum absolute atomic E-state index is 9.39. The molecule has 0 aliphatic heterocycles. The number of anilines is 1. The molecule has 1 aromatic carbocycles. The van der Waals surface area contributed by atoms with Gasteiger partial charge in [-0.2, -0.15) is 0 Å². The summed E-state index contributed by atoms with van der Waals surface area (Å²) in [7, 11) is 0. The van der Waals surface area contributed by atoms with Crippen molar-refractivity contribution in [1.29, 1.82) is 0 Å². The maximum Gasteiger partial charge on any atom is 0.0716 e. The van der Waals surface area contributed by atoms with Crippen LogP contribution in [0.1, 0.15) is 25.8 Å². The predicted octanol–water partition coefficient (Wildman–Crippen LogP) is 2.43. The van der Waals surface area contributed by atoms with Crippen LogP contribution in [0.5, 0.6) is 0 Å². The van der Waals surface area contributed by atoms with E-state index in [4.69, 9.17) is 16.7 Å². The van der Waals surface area contributed by atoms with Crippen molar-refractivity contribution < 1.29 is 10.2 Å². The van der Waals surface area contributed by atoms with Crippen LogP contribution in [-0.4, -0.2) is 29.4 Å². The molecule has 0 amide bonds. The van der Waals surface area contributed by atoms with Gasteiger partial charge in [0.15, 0.2) is 0 Å². The van der Waals surface area contributed by atoms with Gasteiger partial charge >= 0.3 is 0 Å². The molecular weight excluding hydrogens is 238 g/mol. The van der Waals surface area contributed by atoms with E-state index in [1.165, 1.54) is 0 Å². The summed E-state index contributed by atoms with van der Waals surface area (Å²) in [5.74, 6) is 0. The van der Waals surface area contributed by atoms with Gasteiger partial charge in [0.25, 0.3) is 0 Å². The van der Waals surface area contributed by atoms with Crippen molar-refractivity contribution in [3.05, 3.63) is 28.8 Å². The SMILES string of the molecule is CC(C)N(CCCO)c1cccc(Cl)c1CO. The van der Waals surface area contributed by atoms with Crippen LogP contribution in [0.2, 0.25) is 5.02 Å². The minimum Gasteiger partial charge on any atom is -0.396 e. The second-order valence-corrected chi connectivity index (χ2v) is 4.67. The lowest BCUT2D eigenvalue weighted by atomic mass is 10.1. The Balaban J connectivity index is 3.04. The van der Waals surface area contributed by atoms with E-state index >= 15 is 0 Å². The number of rotatable bonds is 6. The van der Waals surface area contributed by atoms with E-state index < -0.39 is 0 Å². The molecule has 96 valence electrons. The van der Waals surface area contributed by atoms with Gasteiger partial charge in [0.1, 0.15) is 0 Å². The molecule has 1 rings (SSSR count). The van der Waals surface area contributed by atoms with Crippen LogP contribution in [0.3, 0.4) is 0 Å². The third kappa shape index (κ3) is 3.60. The molecule has 17 heavy (non-hydrogen) atoms. The number of hydrogen-bond donors (Lipinski definition) is 2. The van der Waals surface area contributed by atoms with Crippen LogP contribution in [-0.2, 0) is 6.61 Å². The van der Waals surface area contributed by atoms with Crippen molar-refractivity contribution in [2.75, 3.05) is 18.1 Å². The molecule has 0 bridgehead atoms. The topological polar surface area (TPSA) is 43.7 Å². The van der Waals surface area contributed by atoms with Crippen LogP contribution in [0.25, 0.3) is 0 Å². The molecule has 0 saturated carbocycles. The predicted molar refractivity (Wildman–Crippen MR) is 71.6 cm³/mol. The van der Waals surface area contributed by atoms with E-state index in [9.17, 15) is 5.11 Å². The quantitative estimate of drug-likeness (QED) is 0.823. The first kappa shape index (κ1) is 14.3. The average molecular weight is 258 g/mol. The van der Waals surface area contributed by atoms with Gasteiger partial charge in [-0.05, 0) is 32.4 Å². The third-order valence-electron chi connectivity index (χ3n) is 2.74. The Morgan fingerprint density at radius 3 is 2.53 bits per heavy atom. The molecule has 0 spiro atoms. The fourth-order valence-corrected chi connectivity index (χ4v) is 2.10.